The van der Waals surface area contributed by atoms with Gasteiger partial charge in [0.2, 0.25) is 0 Å². The molecule has 2 heterocycles. The third-order valence-corrected chi connectivity index (χ3v) is 3.59. The van der Waals surface area contributed by atoms with Crippen LogP contribution >= 0.6 is 11.6 Å². The van der Waals surface area contributed by atoms with Crippen LogP contribution in [0.15, 0.2) is 30.5 Å². The summed E-state index contributed by atoms with van der Waals surface area (Å²) in [5.41, 5.74) is 1.86. The zero-order chi connectivity index (χ0) is 14.8. The Morgan fingerprint density at radius 2 is 2.05 bits per heavy atom. The summed E-state index contributed by atoms with van der Waals surface area (Å²) >= 11 is 6.16. The van der Waals surface area contributed by atoms with E-state index in [1.165, 1.54) is 0 Å². The Morgan fingerprint density at radius 1 is 1.24 bits per heavy atom. The monoisotopic (exact) mass is 302 g/mol. The van der Waals surface area contributed by atoms with Crippen molar-refractivity contribution < 1.29 is 4.74 Å². The van der Waals surface area contributed by atoms with Crippen LogP contribution in [0.4, 0.5) is 0 Å². The van der Waals surface area contributed by atoms with E-state index in [1.807, 2.05) is 31.3 Å². The lowest BCUT2D eigenvalue weighted by Gasteiger charge is -2.09. The molecule has 0 aliphatic heterocycles. The maximum absolute atomic E-state index is 6.16. The molecule has 0 fully saturated rings. The Hall–Kier alpha value is -2.14. The summed E-state index contributed by atoms with van der Waals surface area (Å²) in [7, 11) is 1.82. The highest BCUT2D eigenvalue weighted by Crippen LogP contribution is 2.22. The molecule has 21 heavy (non-hydrogen) atoms. The van der Waals surface area contributed by atoms with Gasteiger partial charge in [-0.15, -0.1) is 0 Å². The van der Waals surface area contributed by atoms with E-state index < -0.39 is 0 Å². The van der Waals surface area contributed by atoms with Gasteiger partial charge >= 0.3 is 0 Å². The quantitative estimate of drug-likeness (QED) is 0.695. The number of aryl methyl sites for hydroxylation is 2. The summed E-state index contributed by atoms with van der Waals surface area (Å²) < 4.78 is 7.49. The van der Waals surface area contributed by atoms with Crippen molar-refractivity contribution in [2.24, 2.45) is 7.05 Å². The normalized spacial score (nSPS) is 11.0. The number of benzene rings is 1. The molecule has 3 rings (SSSR count). The molecule has 3 aromatic rings. The zero-order valence-corrected chi connectivity index (χ0v) is 12.6. The average molecular weight is 303 g/mol. The second kappa shape index (κ2) is 5.69. The summed E-state index contributed by atoms with van der Waals surface area (Å²) in [6.07, 6.45) is 2.58. The molecule has 5 nitrogen and oxygen atoms in total. The number of para-hydroxylation sites is 1. The topological polar surface area (TPSA) is 52.8 Å². The molecule has 1 aromatic carbocycles. The minimum atomic E-state index is 0.276. The van der Waals surface area contributed by atoms with Crippen molar-refractivity contribution in [2.75, 3.05) is 0 Å². The van der Waals surface area contributed by atoms with E-state index in [0.717, 1.165) is 23.1 Å². The van der Waals surface area contributed by atoms with Crippen molar-refractivity contribution in [2.45, 2.75) is 20.0 Å². The maximum atomic E-state index is 6.16. The molecule has 108 valence electrons. The van der Waals surface area contributed by atoms with E-state index in [1.54, 1.807) is 10.9 Å². The van der Waals surface area contributed by atoms with E-state index in [4.69, 9.17) is 16.3 Å². The third kappa shape index (κ3) is 2.69. The minimum absolute atomic E-state index is 0.276. The first-order chi connectivity index (χ1) is 10.2. The van der Waals surface area contributed by atoms with Gasteiger partial charge in [0.15, 0.2) is 11.5 Å². The van der Waals surface area contributed by atoms with Crippen LogP contribution in [0.25, 0.3) is 11.0 Å². The van der Waals surface area contributed by atoms with E-state index in [9.17, 15) is 0 Å². The summed E-state index contributed by atoms with van der Waals surface area (Å²) in [6.45, 7) is 2.37. The van der Waals surface area contributed by atoms with Crippen molar-refractivity contribution in [3.8, 4) is 5.75 Å². The predicted molar refractivity (Wildman–Crippen MR) is 81.5 cm³/mol. The highest BCUT2D eigenvalue weighted by Gasteiger charge is 2.10. The molecule has 0 bridgehead atoms. The van der Waals surface area contributed by atoms with Crippen LogP contribution < -0.4 is 4.74 Å². The number of ether oxygens (including phenoxy) is 1. The molecule has 0 radical (unpaired) electrons. The number of rotatable bonds is 4. The van der Waals surface area contributed by atoms with E-state index in [2.05, 4.69) is 22.0 Å². The van der Waals surface area contributed by atoms with Gasteiger partial charge in [-0.1, -0.05) is 36.7 Å². The van der Waals surface area contributed by atoms with Gasteiger partial charge in [-0.25, -0.2) is 9.97 Å². The zero-order valence-electron chi connectivity index (χ0n) is 11.9. The predicted octanol–water partition coefficient (Wildman–Crippen LogP) is 3.16. The molecule has 0 N–H and O–H groups in total. The molecule has 0 saturated carbocycles. The molecule has 0 aliphatic carbocycles. The number of fused-ring (bicyclic) bond motifs is 1. The molecule has 0 amide bonds. The fraction of sp³-hybridized carbons (Fsp3) is 0.267. The van der Waals surface area contributed by atoms with Crippen LogP contribution in [-0.2, 0) is 20.1 Å². The molecule has 0 saturated heterocycles. The van der Waals surface area contributed by atoms with E-state index in [0.29, 0.717) is 16.6 Å². The van der Waals surface area contributed by atoms with Gasteiger partial charge in [-0.3, -0.25) is 4.68 Å². The molecule has 0 atom stereocenters. The lowest BCUT2D eigenvalue weighted by atomic mass is 10.1. The van der Waals surface area contributed by atoms with Gasteiger partial charge in [-0.2, -0.15) is 5.10 Å². The van der Waals surface area contributed by atoms with Crippen LogP contribution in [-0.4, -0.2) is 19.7 Å². The van der Waals surface area contributed by atoms with Gasteiger partial charge in [0.1, 0.15) is 17.5 Å². The maximum Gasteiger partial charge on any atom is 0.170 e. The SMILES string of the molecule is CCc1ccccc1OCc1nc(Cl)c2cnn(C)c2n1. The number of hydrogen-bond acceptors (Lipinski definition) is 4. The second-order valence-corrected chi connectivity index (χ2v) is 5.04. The molecule has 2 aromatic heterocycles. The molecule has 6 heteroatoms. The lowest BCUT2D eigenvalue weighted by Crippen LogP contribution is -2.04. The lowest BCUT2D eigenvalue weighted by molar-refractivity contribution is 0.293. The Kier molecular flexibility index (Phi) is 3.75. The number of aromatic nitrogens is 4. The number of nitrogens with zero attached hydrogens (tertiary/aromatic N) is 4. The van der Waals surface area contributed by atoms with E-state index >= 15 is 0 Å². The molecule has 0 unspecified atom stereocenters. The van der Waals surface area contributed by atoms with E-state index in [-0.39, 0.29) is 6.61 Å². The smallest absolute Gasteiger partial charge is 0.170 e. The van der Waals surface area contributed by atoms with Gasteiger partial charge < -0.3 is 4.74 Å². The molecule has 0 aliphatic rings. The van der Waals surface area contributed by atoms with Gasteiger partial charge in [0, 0.05) is 7.05 Å². The highest BCUT2D eigenvalue weighted by molar-refractivity contribution is 6.33. The largest absolute Gasteiger partial charge is 0.485 e. The van der Waals surface area contributed by atoms with Crippen LogP contribution in [0.1, 0.15) is 18.3 Å². The fourth-order valence-electron chi connectivity index (χ4n) is 2.17. The highest BCUT2D eigenvalue weighted by atomic mass is 35.5. The second-order valence-electron chi connectivity index (χ2n) is 4.69. The van der Waals surface area contributed by atoms with Crippen molar-refractivity contribution in [3.05, 3.63) is 47.0 Å². The average Bonchev–Trinajstić information content (AvgIpc) is 2.87. The van der Waals surface area contributed by atoms with Crippen LogP contribution in [0, 0.1) is 0 Å². The number of hydrogen-bond donors (Lipinski definition) is 0. The standard InChI is InChI=1S/C15H15ClN4O/c1-3-10-6-4-5-7-12(10)21-9-13-18-14(16)11-8-17-20(2)15(11)19-13/h4-8H,3,9H2,1-2H3. The van der Waals surface area contributed by atoms with Crippen LogP contribution in [0.5, 0.6) is 5.75 Å². The first-order valence-corrected chi connectivity index (χ1v) is 7.11. The summed E-state index contributed by atoms with van der Waals surface area (Å²) in [5, 5.41) is 5.28. The van der Waals surface area contributed by atoms with Crippen LogP contribution in [0.3, 0.4) is 0 Å². The first kappa shape index (κ1) is 13.8. The third-order valence-electron chi connectivity index (χ3n) is 3.30. The van der Waals surface area contributed by atoms with Crippen molar-refractivity contribution >= 4 is 22.6 Å². The van der Waals surface area contributed by atoms with Gasteiger partial charge in [0.05, 0.1) is 11.6 Å². The van der Waals surface area contributed by atoms with Crippen molar-refractivity contribution in [3.63, 3.8) is 0 Å². The fourth-order valence-corrected chi connectivity index (χ4v) is 2.40. The molecular formula is C15H15ClN4O. The summed E-state index contributed by atoms with van der Waals surface area (Å²) in [5.74, 6) is 1.40. The van der Waals surface area contributed by atoms with Crippen molar-refractivity contribution in [1.29, 1.82) is 0 Å². The minimum Gasteiger partial charge on any atom is -0.485 e. The Bertz CT molecular complexity index is 784. The molecule has 0 spiro atoms. The van der Waals surface area contributed by atoms with Gasteiger partial charge in [0.25, 0.3) is 0 Å². The van der Waals surface area contributed by atoms with Crippen LogP contribution in [0.2, 0.25) is 5.15 Å². The van der Waals surface area contributed by atoms with Crippen molar-refractivity contribution in [1.82, 2.24) is 19.7 Å². The Morgan fingerprint density at radius 3 is 2.86 bits per heavy atom. The Balaban J connectivity index is 1.86. The Labute approximate surface area is 127 Å². The number of halogens is 1. The molecular weight excluding hydrogens is 288 g/mol. The summed E-state index contributed by atoms with van der Waals surface area (Å²) in [4.78, 5) is 8.71. The summed E-state index contributed by atoms with van der Waals surface area (Å²) in [6, 6.07) is 7.95. The van der Waals surface area contributed by atoms with Gasteiger partial charge in [-0.05, 0) is 18.1 Å². The first-order valence-electron chi connectivity index (χ1n) is 6.74.